The van der Waals surface area contributed by atoms with Crippen molar-refractivity contribution < 1.29 is 9.13 Å². The van der Waals surface area contributed by atoms with E-state index in [1.165, 1.54) is 19.2 Å². The van der Waals surface area contributed by atoms with Crippen LogP contribution >= 0.6 is 11.3 Å². The summed E-state index contributed by atoms with van der Waals surface area (Å²) in [6.45, 7) is 0. The molecule has 3 heterocycles. The predicted molar refractivity (Wildman–Crippen MR) is 147 cm³/mol. The Morgan fingerprint density at radius 3 is 2.44 bits per heavy atom. The van der Waals surface area contributed by atoms with Gasteiger partial charge in [0.1, 0.15) is 11.4 Å². The Morgan fingerprint density at radius 1 is 0.974 bits per heavy atom. The second-order valence-electron chi connectivity index (χ2n) is 8.70. The number of halogens is 1. The van der Waals surface area contributed by atoms with Crippen LogP contribution in [0.25, 0.3) is 28.0 Å². The lowest BCUT2D eigenvalue weighted by Gasteiger charge is -2.04. The van der Waals surface area contributed by atoms with Crippen molar-refractivity contribution in [3.05, 3.63) is 133 Å². The smallest absolute Gasteiger partial charge is 0.296 e. The summed E-state index contributed by atoms with van der Waals surface area (Å²) in [7, 11) is 1.40. The molecule has 0 aliphatic rings. The highest BCUT2D eigenvalue weighted by atomic mass is 32.1. The predicted octanol–water partition coefficient (Wildman–Crippen LogP) is 3.65. The van der Waals surface area contributed by atoms with Crippen LogP contribution in [-0.4, -0.2) is 31.5 Å². The first-order chi connectivity index (χ1) is 19.0. The summed E-state index contributed by atoms with van der Waals surface area (Å²) >= 11 is 1.06. The molecule has 39 heavy (non-hydrogen) atoms. The molecule has 8 nitrogen and oxygen atoms in total. The van der Waals surface area contributed by atoms with Gasteiger partial charge in [-0.15, -0.1) is 0 Å². The molecule has 3 aromatic heterocycles. The van der Waals surface area contributed by atoms with Gasteiger partial charge in [-0.05, 0) is 42.0 Å². The van der Waals surface area contributed by atoms with Crippen LogP contribution in [0.1, 0.15) is 16.8 Å². The van der Waals surface area contributed by atoms with E-state index in [2.05, 4.69) is 10.1 Å². The summed E-state index contributed by atoms with van der Waals surface area (Å²) in [4.78, 5) is 30.3. The number of para-hydroxylation sites is 1. The van der Waals surface area contributed by atoms with Gasteiger partial charge in [-0.2, -0.15) is 19.7 Å². The molecule has 3 aromatic carbocycles. The summed E-state index contributed by atoms with van der Waals surface area (Å²) in [5.41, 5.74) is 2.56. The van der Waals surface area contributed by atoms with E-state index in [9.17, 15) is 14.0 Å². The van der Waals surface area contributed by atoms with Crippen LogP contribution < -0.4 is 20.4 Å². The number of methoxy groups -OCH3 is 1. The van der Waals surface area contributed by atoms with Crippen LogP contribution in [0.5, 0.6) is 5.75 Å². The number of nitrogens with zero attached hydrogens (tertiary/aromatic N) is 5. The number of aromatic nitrogens is 5. The number of hydrogen-bond donors (Lipinski definition) is 0. The second kappa shape index (κ2) is 10.1. The van der Waals surface area contributed by atoms with Crippen LogP contribution in [0, 0.1) is 5.82 Å². The summed E-state index contributed by atoms with van der Waals surface area (Å²) in [5.74, 6) is -0.411. The Labute approximate surface area is 224 Å². The number of hydrogen-bond acceptors (Lipinski definition) is 7. The van der Waals surface area contributed by atoms with Crippen molar-refractivity contribution in [2.45, 2.75) is 6.42 Å². The molecule has 0 unspecified atom stereocenters. The van der Waals surface area contributed by atoms with Crippen molar-refractivity contribution in [1.82, 2.24) is 24.4 Å². The van der Waals surface area contributed by atoms with Crippen LogP contribution in [-0.2, 0) is 6.42 Å². The molecule has 0 aliphatic heterocycles. The van der Waals surface area contributed by atoms with E-state index in [-0.39, 0.29) is 22.8 Å². The molecule has 6 rings (SSSR count). The first-order valence-corrected chi connectivity index (χ1v) is 12.8. The first kappa shape index (κ1) is 24.4. The molecule has 192 valence electrons. The van der Waals surface area contributed by atoms with E-state index in [0.29, 0.717) is 21.4 Å². The van der Waals surface area contributed by atoms with Crippen molar-refractivity contribution in [2.24, 2.45) is 0 Å². The third-order valence-electron chi connectivity index (χ3n) is 6.14. The molecule has 0 atom stereocenters. The van der Waals surface area contributed by atoms with E-state index in [0.717, 1.165) is 27.1 Å². The van der Waals surface area contributed by atoms with Gasteiger partial charge in [0.2, 0.25) is 4.96 Å². The van der Waals surface area contributed by atoms with E-state index >= 15 is 0 Å². The van der Waals surface area contributed by atoms with Gasteiger partial charge < -0.3 is 4.74 Å². The molecule has 0 saturated heterocycles. The Hall–Kier alpha value is -4.96. The largest absolute Gasteiger partial charge is 0.494 e. The normalized spacial score (nSPS) is 11.8. The van der Waals surface area contributed by atoms with E-state index < -0.39 is 16.9 Å². The van der Waals surface area contributed by atoms with Crippen LogP contribution in [0.3, 0.4) is 0 Å². The molecule has 0 spiro atoms. The summed E-state index contributed by atoms with van der Waals surface area (Å²) in [6, 6.07) is 23.4. The zero-order valence-electron chi connectivity index (χ0n) is 20.6. The lowest BCUT2D eigenvalue weighted by atomic mass is 10.1. The van der Waals surface area contributed by atoms with Crippen LogP contribution in [0.2, 0.25) is 0 Å². The lowest BCUT2D eigenvalue weighted by Crippen LogP contribution is -2.28. The minimum Gasteiger partial charge on any atom is -0.494 e. The number of fused-ring (bicyclic) bond motifs is 1. The van der Waals surface area contributed by atoms with Gasteiger partial charge in [-0.25, -0.2) is 9.07 Å². The van der Waals surface area contributed by atoms with E-state index in [1.807, 2.05) is 60.7 Å². The highest BCUT2D eigenvalue weighted by Crippen LogP contribution is 2.28. The highest BCUT2D eigenvalue weighted by Gasteiger charge is 2.16. The molecule has 10 heteroatoms. The maximum absolute atomic E-state index is 14.6. The molecule has 0 N–H and O–H groups in total. The first-order valence-electron chi connectivity index (χ1n) is 12.0. The summed E-state index contributed by atoms with van der Waals surface area (Å²) in [5, 5.41) is 9.03. The fraction of sp³-hybridized carbons (Fsp3) is 0.0690. The minimum atomic E-state index is -0.528. The molecule has 0 fully saturated rings. The quantitative estimate of drug-likeness (QED) is 0.322. The highest BCUT2D eigenvalue weighted by molar-refractivity contribution is 7.15. The zero-order chi connectivity index (χ0) is 26.9. The SMILES string of the molecule is COc1ccc(-c2nn(-c3ccccc3)cc2C=c2sc3nc(=O)c(Cc4ccccc4)nn3c2=O)cc1F. The molecule has 0 saturated carbocycles. The fourth-order valence-corrected chi connectivity index (χ4v) is 5.12. The van der Waals surface area contributed by atoms with Crippen molar-refractivity contribution in [3.63, 3.8) is 0 Å². The molecule has 6 aromatic rings. The van der Waals surface area contributed by atoms with Crippen molar-refractivity contribution >= 4 is 22.4 Å². The average molecular weight is 538 g/mol. The van der Waals surface area contributed by atoms with Crippen molar-refractivity contribution in [1.29, 1.82) is 0 Å². The van der Waals surface area contributed by atoms with E-state index in [4.69, 9.17) is 9.84 Å². The second-order valence-corrected chi connectivity index (χ2v) is 9.71. The molecule has 0 aliphatic carbocycles. The van der Waals surface area contributed by atoms with E-state index in [1.54, 1.807) is 23.0 Å². The molecule has 0 radical (unpaired) electrons. The Bertz CT molecular complexity index is 1990. The van der Waals surface area contributed by atoms with Crippen molar-refractivity contribution in [2.75, 3.05) is 7.11 Å². The number of ether oxygens (including phenoxy) is 1. The van der Waals surface area contributed by atoms with Crippen molar-refractivity contribution in [3.8, 4) is 22.7 Å². The van der Waals surface area contributed by atoms with Gasteiger partial charge in [0.25, 0.3) is 11.1 Å². The molecule has 0 amide bonds. The zero-order valence-corrected chi connectivity index (χ0v) is 21.4. The van der Waals surface area contributed by atoms with Gasteiger partial charge in [0, 0.05) is 23.7 Å². The average Bonchev–Trinajstić information content (AvgIpc) is 3.51. The Morgan fingerprint density at radius 2 is 1.72 bits per heavy atom. The third-order valence-corrected chi connectivity index (χ3v) is 7.10. The third kappa shape index (κ3) is 4.73. The molecular weight excluding hydrogens is 517 g/mol. The maximum atomic E-state index is 14.6. The van der Waals surface area contributed by atoms with Crippen LogP contribution in [0.15, 0.2) is 94.6 Å². The molecule has 0 bridgehead atoms. The molecular formula is C29H20FN5O3S. The number of thiazole rings is 1. The van der Waals surface area contributed by atoms with Gasteiger partial charge in [-0.1, -0.05) is 59.9 Å². The van der Waals surface area contributed by atoms with Gasteiger partial charge in [0.05, 0.1) is 17.3 Å². The monoisotopic (exact) mass is 537 g/mol. The fourth-order valence-electron chi connectivity index (χ4n) is 4.23. The van der Waals surface area contributed by atoms with Gasteiger partial charge in [-0.3, -0.25) is 9.59 Å². The lowest BCUT2D eigenvalue weighted by molar-refractivity contribution is 0.386. The van der Waals surface area contributed by atoms with Gasteiger partial charge >= 0.3 is 0 Å². The Balaban J connectivity index is 1.50. The standard InChI is InChI=1S/C29H20FN5O3S/c1-38-24-13-12-19(15-22(24)30)26-20(17-34(33-26)21-10-6-3-7-11-21)16-25-28(37)35-29(39-25)31-27(36)23(32-35)14-18-8-4-2-5-9-18/h2-13,15-17H,14H2,1H3. The Kier molecular flexibility index (Phi) is 6.29. The topological polar surface area (TPSA) is 91.4 Å². The number of benzene rings is 3. The summed E-state index contributed by atoms with van der Waals surface area (Å²) < 4.78 is 22.8. The maximum Gasteiger partial charge on any atom is 0.296 e. The number of rotatable bonds is 6. The van der Waals surface area contributed by atoms with Gasteiger partial charge in [0.15, 0.2) is 11.6 Å². The minimum absolute atomic E-state index is 0.117. The van der Waals surface area contributed by atoms with Crippen LogP contribution in [0.4, 0.5) is 4.39 Å². The summed E-state index contributed by atoms with van der Waals surface area (Å²) in [6.07, 6.45) is 3.69.